The first kappa shape index (κ1) is 28.8. The SMILES string of the molecule is COc1ccccc1CCN(C)CCCCCCNC(=O)C1(c2ccccc2)CC1.O=C(O)C(=O)O. The van der Waals surface area contributed by atoms with Gasteiger partial charge in [0.05, 0.1) is 12.5 Å². The molecule has 3 N–H and O–H groups in total. The van der Waals surface area contributed by atoms with Gasteiger partial charge in [-0.05, 0) is 62.9 Å². The van der Waals surface area contributed by atoms with E-state index >= 15 is 0 Å². The Kier molecular flexibility index (Phi) is 11.9. The highest BCUT2D eigenvalue weighted by Gasteiger charge is 2.50. The van der Waals surface area contributed by atoms with Crippen molar-refractivity contribution in [3.05, 3.63) is 65.7 Å². The Morgan fingerprint density at radius 2 is 1.50 bits per heavy atom. The molecule has 0 radical (unpaired) electrons. The maximum Gasteiger partial charge on any atom is 0.414 e. The highest BCUT2D eigenvalue weighted by atomic mass is 16.5. The summed E-state index contributed by atoms with van der Waals surface area (Å²) in [6, 6.07) is 18.5. The first-order valence-electron chi connectivity index (χ1n) is 12.4. The van der Waals surface area contributed by atoms with Gasteiger partial charge >= 0.3 is 11.9 Å². The zero-order valence-corrected chi connectivity index (χ0v) is 21.2. The molecular weight excluding hydrogens is 460 g/mol. The van der Waals surface area contributed by atoms with E-state index in [1.54, 1.807) is 7.11 Å². The molecule has 1 aliphatic rings. The molecule has 0 aromatic heterocycles. The first-order chi connectivity index (χ1) is 17.3. The number of methoxy groups -OCH3 is 1. The number of likely N-dealkylation sites (N-methyl/N-ethyl adjacent to an activating group) is 1. The molecule has 0 atom stereocenters. The number of carbonyl (C=O) groups is 3. The van der Waals surface area contributed by atoms with Crippen molar-refractivity contribution in [2.45, 2.75) is 50.4 Å². The van der Waals surface area contributed by atoms with E-state index in [-0.39, 0.29) is 11.3 Å². The number of nitrogens with one attached hydrogen (secondary N) is 1. The first-order valence-corrected chi connectivity index (χ1v) is 12.4. The Bertz CT molecular complexity index is 963. The van der Waals surface area contributed by atoms with Crippen molar-refractivity contribution in [3.8, 4) is 5.75 Å². The monoisotopic (exact) mass is 498 g/mol. The van der Waals surface area contributed by atoms with Crippen molar-refractivity contribution < 1.29 is 29.3 Å². The van der Waals surface area contributed by atoms with Crippen LogP contribution < -0.4 is 10.1 Å². The molecule has 1 fully saturated rings. The molecule has 0 aliphatic heterocycles. The summed E-state index contributed by atoms with van der Waals surface area (Å²) >= 11 is 0. The van der Waals surface area contributed by atoms with Crippen LogP contribution in [-0.4, -0.2) is 66.8 Å². The van der Waals surface area contributed by atoms with Gasteiger partial charge in [-0.2, -0.15) is 0 Å². The third-order valence-corrected chi connectivity index (χ3v) is 6.40. The number of hydrogen-bond acceptors (Lipinski definition) is 5. The second-order valence-corrected chi connectivity index (χ2v) is 9.09. The lowest BCUT2D eigenvalue weighted by molar-refractivity contribution is -0.159. The van der Waals surface area contributed by atoms with Gasteiger partial charge < -0.3 is 25.2 Å². The molecule has 0 heterocycles. The molecule has 0 unspecified atom stereocenters. The molecule has 36 heavy (non-hydrogen) atoms. The molecule has 0 saturated heterocycles. The number of carboxylic acids is 2. The lowest BCUT2D eigenvalue weighted by Crippen LogP contribution is -2.35. The zero-order chi connectivity index (χ0) is 26.4. The van der Waals surface area contributed by atoms with Crippen molar-refractivity contribution in [1.29, 1.82) is 0 Å². The average molecular weight is 499 g/mol. The zero-order valence-electron chi connectivity index (χ0n) is 21.2. The van der Waals surface area contributed by atoms with Crippen molar-refractivity contribution in [1.82, 2.24) is 10.2 Å². The van der Waals surface area contributed by atoms with Crippen LogP contribution in [-0.2, 0) is 26.2 Å². The molecule has 1 saturated carbocycles. The van der Waals surface area contributed by atoms with Crippen molar-refractivity contribution in [2.75, 3.05) is 33.8 Å². The quantitative estimate of drug-likeness (QED) is 0.285. The minimum absolute atomic E-state index is 0.213. The van der Waals surface area contributed by atoms with E-state index in [1.165, 1.54) is 30.4 Å². The van der Waals surface area contributed by atoms with Gasteiger partial charge in [0.15, 0.2) is 0 Å². The Morgan fingerprint density at radius 3 is 2.11 bits per heavy atom. The van der Waals surface area contributed by atoms with Crippen LogP contribution in [0.5, 0.6) is 5.75 Å². The lowest BCUT2D eigenvalue weighted by atomic mass is 9.95. The van der Waals surface area contributed by atoms with Crippen LogP contribution in [0.15, 0.2) is 54.6 Å². The maximum absolute atomic E-state index is 12.6. The number of hydrogen-bond donors (Lipinski definition) is 3. The molecule has 1 amide bonds. The Balaban J connectivity index is 0.000000678. The van der Waals surface area contributed by atoms with E-state index in [4.69, 9.17) is 24.5 Å². The molecule has 2 aromatic carbocycles. The van der Waals surface area contributed by atoms with Gasteiger partial charge in [-0.15, -0.1) is 0 Å². The molecule has 2 aromatic rings. The fourth-order valence-electron chi connectivity index (χ4n) is 4.09. The largest absolute Gasteiger partial charge is 0.496 e. The van der Waals surface area contributed by atoms with E-state index in [0.29, 0.717) is 0 Å². The maximum atomic E-state index is 12.6. The number of unbranched alkanes of at least 4 members (excludes halogenated alkanes) is 3. The number of carbonyl (C=O) groups excluding carboxylic acids is 1. The summed E-state index contributed by atoms with van der Waals surface area (Å²) < 4.78 is 5.43. The van der Waals surface area contributed by atoms with Crippen molar-refractivity contribution >= 4 is 17.8 Å². The van der Waals surface area contributed by atoms with Crippen LogP contribution in [0.3, 0.4) is 0 Å². The summed E-state index contributed by atoms with van der Waals surface area (Å²) in [5.41, 5.74) is 2.19. The molecule has 196 valence electrons. The number of benzene rings is 2. The fraction of sp³-hybridized carbons (Fsp3) is 0.464. The van der Waals surface area contributed by atoms with E-state index in [1.807, 2.05) is 30.3 Å². The average Bonchev–Trinajstić information content (AvgIpc) is 3.70. The molecule has 8 heteroatoms. The normalized spacial score (nSPS) is 13.3. The van der Waals surface area contributed by atoms with Gasteiger partial charge in [-0.3, -0.25) is 4.79 Å². The van der Waals surface area contributed by atoms with Crippen LogP contribution in [0.4, 0.5) is 0 Å². The summed E-state index contributed by atoms with van der Waals surface area (Å²) in [5.74, 6) is -2.46. The van der Waals surface area contributed by atoms with E-state index in [2.05, 4.69) is 41.5 Å². The predicted octanol–water partition coefficient (Wildman–Crippen LogP) is 3.73. The smallest absolute Gasteiger partial charge is 0.414 e. The van der Waals surface area contributed by atoms with Gasteiger partial charge in [-0.1, -0.05) is 61.4 Å². The standard InChI is InChI=1S/C26H36N2O2.C2H2O4/c1-28(21-16-22-12-8-9-15-24(22)30-2)20-11-4-3-10-19-27-25(29)26(17-18-26)23-13-6-5-7-14-23;3-1(4)2(5)6/h5-9,12-15H,3-4,10-11,16-21H2,1-2H3,(H,27,29);(H,3,4)(H,5,6). The molecular formula is C28H38N2O6. The Hall–Kier alpha value is -3.39. The summed E-state index contributed by atoms with van der Waals surface area (Å²) in [6.07, 6.45) is 7.59. The van der Waals surface area contributed by atoms with Gasteiger partial charge in [0.2, 0.25) is 5.91 Å². The van der Waals surface area contributed by atoms with E-state index in [0.717, 1.165) is 51.1 Å². The Labute approximate surface area is 213 Å². The second kappa shape index (κ2) is 14.9. The number of para-hydroxylation sites is 1. The van der Waals surface area contributed by atoms with Crippen molar-refractivity contribution in [3.63, 3.8) is 0 Å². The molecule has 3 rings (SSSR count). The lowest BCUT2D eigenvalue weighted by Gasteiger charge is -2.17. The number of amides is 1. The van der Waals surface area contributed by atoms with Crippen LogP contribution in [0.1, 0.15) is 49.7 Å². The number of nitrogens with zero attached hydrogens (tertiary/aromatic N) is 1. The second-order valence-electron chi connectivity index (χ2n) is 9.09. The summed E-state index contributed by atoms with van der Waals surface area (Å²) in [6.45, 7) is 2.94. The van der Waals surface area contributed by atoms with Crippen LogP contribution >= 0.6 is 0 Å². The molecule has 8 nitrogen and oxygen atoms in total. The van der Waals surface area contributed by atoms with Gasteiger partial charge in [0, 0.05) is 13.1 Å². The predicted molar refractivity (Wildman–Crippen MR) is 138 cm³/mol. The number of rotatable bonds is 13. The van der Waals surface area contributed by atoms with Gasteiger partial charge in [-0.25, -0.2) is 9.59 Å². The minimum atomic E-state index is -1.82. The van der Waals surface area contributed by atoms with Crippen molar-refractivity contribution in [2.24, 2.45) is 0 Å². The summed E-state index contributed by atoms with van der Waals surface area (Å²) in [4.78, 5) is 33.2. The highest BCUT2D eigenvalue weighted by molar-refractivity contribution is 6.27. The van der Waals surface area contributed by atoms with E-state index < -0.39 is 11.9 Å². The van der Waals surface area contributed by atoms with Crippen LogP contribution in [0.25, 0.3) is 0 Å². The summed E-state index contributed by atoms with van der Waals surface area (Å²) in [5, 5.41) is 18.0. The van der Waals surface area contributed by atoms with Gasteiger partial charge in [0.1, 0.15) is 5.75 Å². The number of carboxylic acid groups (broad SMARTS) is 2. The minimum Gasteiger partial charge on any atom is -0.496 e. The third-order valence-electron chi connectivity index (χ3n) is 6.40. The summed E-state index contributed by atoms with van der Waals surface area (Å²) in [7, 11) is 3.92. The molecule has 0 spiro atoms. The third kappa shape index (κ3) is 9.34. The number of aliphatic carboxylic acids is 2. The molecule has 1 aliphatic carbocycles. The molecule has 0 bridgehead atoms. The fourth-order valence-corrected chi connectivity index (χ4v) is 4.09. The van der Waals surface area contributed by atoms with Crippen LogP contribution in [0, 0.1) is 0 Å². The highest BCUT2D eigenvalue weighted by Crippen LogP contribution is 2.48. The Morgan fingerprint density at radius 1 is 0.889 bits per heavy atom. The number of ether oxygens (including phenoxy) is 1. The topological polar surface area (TPSA) is 116 Å². The van der Waals surface area contributed by atoms with Gasteiger partial charge in [0.25, 0.3) is 0 Å². The van der Waals surface area contributed by atoms with E-state index in [9.17, 15) is 4.79 Å². The van der Waals surface area contributed by atoms with Crippen LogP contribution in [0.2, 0.25) is 0 Å².